The van der Waals surface area contributed by atoms with Crippen LogP contribution in [-0.4, -0.2) is 52.4 Å². The highest BCUT2D eigenvalue weighted by molar-refractivity contribution is 14.0. The second-order valence-corrected chi connectivity index (χ2v) is 7.69. The zero-order chi connectivity index (χ0) is 22.9. The normalized spacial score (nSPS) is 14.5. The van der Waals surface area contributed by atoms with Crippen molar-refractivity contribution in [2.75, 3.05) is 45.3 Å². The molecule has 0 radical (unpaired) electrons. The van der Waals surface area contributed by atoms with Crippen molar-refractivity contribution >= 4 is 35.6 Å². The fourth-order valence-corrected chi connectivity index (χ4v) is 3.82. The number of nitrogens with one attached hydrogen (secondary N) is 2. The minimum Gasteiger partial charge on any atom is -0.497 e. The summed E-state index contributed by atoms with van der Waals surface area (Å²) in [7, 11) is 3.30. The van der Waals surface area contributed by atoms with Gasteiger partial charge in [-0.1, -0.05) is 6.07 Å². The Hall–Kier alpha value is -2.30. The van der Waals surface area contributed by atoms with E-state index >= 15 is 0 Å². The Balaban J connectivity index is 0.00000385. The van der Waals surface area contributed by atoms with E-state index in [0.717, 1.165) is 43.1 Å². The molecule has 0 aliphatic carbocycles. The highest BCUT2D eigenvalue weighted by Gasteiger charge is 2.21. The summed E-state index contributed by atoms with van der Waals surface area (Å²) < 4.78 is 38.4. The summed E-state index contributed by atoms with van der Waals surface area (Å²) in [5.74, 6) is 1.16. The first-order chi connectivity index (χ1) is 15.5. The standard InChI is InChI=1S/C24H32F2N4O2.HI/c1-4-27-24(28-11-8-21-22(25)6-5-7-23(21)26)29-17-9-12-30(13-10-17)18-14-19(31-2)16-20(15-18)32-3;/h5-7,14-17H,4,8-13H2,1-3H3,(H2,27,28,29);1H. The number of methoxy groups -OCH3 is 2. The van der Waals surface area contributed by atoms with Crippen LogP contribution < -0.4 is 25.0 Å². The van der Waals surface area contributed by atoms with Gasteiger partial charge in [-0.3, -0.25) is 4.99 Å². The molecule has 2 N–H and O–H groups in total. The maximum Gasteiger partial charge on any atom is 0.191 e. The predicted molar refractivity (Wildman–Crippen MR) is 139 cm³/mol. The Morgan fingerprint density at radius 1 is 1.06 bits per heavy atom. The Morgan fingerprint density at radius 3 is 2.21 bits per heavy atom. The van der Waals surface area contributed by atoms with Gasteiger partial charge in [0.15, 0.2) is 5.96 Å². The van der Waals surface area contributed by atoms with Gasteiger partial charge in [0.1, 0.15) is 23.1 Å². The molecule has 0 bridgehead atoms. The third-order valence-electron chi connectivity index (χ3n) is 5.57. The average Bonchev–Trinajstić information content (AvgIpc) is 2.81. The predicted octanol–water partition coefficient (Wildman–Crippen LogP) is 4.37. The number of halogens is 3. The van der Waals surface area contributed by atoms with E-state index in [2.05, 4.69) is 20.5 Å². The summed E-state index contributed by atoms with van der Waals surface area (Å²) in [6, 6.07) is 10.1. The summed E-state index contributed by atoms with van der Waals surface area (Å²) in [4.78, 5) is 6.84. The van der Waals surface area contributed by atoms with Gasteiger partial charge in [0.2, 0.25) is 0 Å². The van der Waals surface area contributed by atoms with Gasteiger partial charge in [-0.05, 0) is 38.3 Å². The van der Waals surface area contributed by atoms with Gasteiger partial charge in [-0.15, -0.1) is 24.0 Å². The van der Waals surface area contributed by atoms with Crippen LogP contribution in [0.5, 0.6) is 11.5 Å². The SMILES string of the molecule is CCNC(=NCCc1c(F)cccc1F)NC1CCN(c2cc(OC)cc(OC)c2)CC1.I. The van der Waals surface area contributed by atoms with E-state index in [-0.39, 0.29) is 42.0 Å². The first kappa shape index (κ1) is 26.9. The molecule has 1 heterocycles. The van der Waals surface area contributed by atoms with Crippen molar-refractivity contribution < 1.29 is 18.3 Å². The van der Waals surface area contributed by atoms with Gasteiger partial charge >= 0.3 is 0 Å². The van der Waals surface area contributed by atoms with Crippen LogP contribution in [0.2, 0.25) is 0 Å². The number of ether oxygens (including phenoxy) is 2. The van der Waals surface area contributed by atoms with Crippen molar-refractivity contribution in [1.29, 1.82) is 0 Å². The van der Waals surface area contributed by atoms with Crippen LogP contribution in [0.15, 0.2) is 41.4 Å². The molecule has 0 unspecified atom stereocenters. The third-order valence-corrected chi connectivity index (χ3v) is 5.57. The van der Waals surface area contributed by atoms with Gasteiger partial charge in [0.05, 0.1) is 14.2 Å². The molecule has 33 heavy (non-hydrogen) atoms. The molecule has 2 aromatic rings. The number of rotatable bonds is 8. The van der Waals surface area contributed by atoms with Crippen molar-refractivity contribution in [3.63, 3.8) is 0 Å². The number of aliphatic imine (C=N–C) groups is 1. The van der Waals surface area contributed by atoms with E-state index < -0.39 is 11.6 Å². The molecule has 0 saturated carbocycles. The Morgan fingerprint density at radius 2 is 1.67 bits per heavy atom. The monoisotopic (exact) mass is 574 g/mol. The van der Waals surface area contributed by atoms with E-state index in [0.29, 0.717) is 19.0 Å². The minimum atomic E-state index is -0.528. The van der Waals surface area contributed by atoms with Crippen molar-refractivity contribution in [2.45, 2.75) is 32.2 Å². The smallest absolute Gasteiger partial charge is 0.191 e. The molecule has 0 aromatic heterocycles. The first-order valence-corrected chi connectivity index (χ1v) is 11.0. The minimum absolute atomic E-state index is 0. The molecule has 0 amide bonds. The van der Waals surface area contributed by atoms with Crippen LogP contribution in [0.3, 0.4) is 0 Å². The topological polar surface area (TPSA) is 58.1 Å². The molecular weight excluding hydrogens is 541 g/mol. The molecule has 1 fully saturated rings. The van der Waals surface area contributed by atoms with Crippen molar-refractivity contribution in [3.8, 4) is 11.5 Å². The van der Waals surface area contributed by atoms with Crippen LogP contribution >= 0.6 is 24.0 Å². The Labute approximate surface area is 211 Å². The zero-order valence-corrected chi connectivity index (χ0v) is 21.7. The van der Waals surface area contributed by atoms with E-state index in [4.69, 9.17) is 9.47 Å². The molecule has 1 aliphatic rings. The largest absolute Gasteiger partial charge is 0.497 e. The van der Waals surface area contributed by atoms with Crippen LogP contribution in [0.1, 0.15) is 25.3 Å². The molecule has 182 valence electrons. The van der Waals surface area contributed by atoms with E-state index in [1.165, 1.54) is 18.2 Å². The van der Waals surface area contributed by atoms with Crippen LogP contribution in [0.25, 0.3) is 0 Å². The van der Waals surface area contributed by atoms with Crippen LogP contribution in [-0.2, 0) is 6.42 Å². The molecule has 0 atom stereocenters. The number of anilines is 1. The van der Waals surface area contributed by atoms with Crippen molar-refractivity contribution in [1.82, 2.24) is 10.6 Å². The van der Waals surface area contributed by atoms with Gasteiger partial charge in [-0.2, -0.15) is 0 Å². The Kier molecular flexibility index (Phi) is 11.0. The quantitative estimate of drug-likeness (QED) is 0.279. The maximum atomic E-state index is 13.8. The highest BCUT2D eigenvalue weighted by Crippen LogP contribution is 2.30. The van der Waals surface area contributed by atoms with E-state index in [1.54, 1.807) is 14.2 Å². The lowest BCUT2D eigenvalue weighted by molar-refractivity contribution is 0.393. The molecule has 1 aliphatic heterocycles. The highest BCUT2D eigenvalue weighted by atomic mass is 127. The molecular formula is C24H33F2IN4O2. The lowest BCUT2D eigenvalue weighted by Gasteiger charge is -2.34. The average molecular weight is 574 g/mol. The molecule has 3 rings (SSSR count). The molecule has 2 aromatic carbocycles. The van der Waals surface area contributed by atoms with Gasteiger partial charge in [-0.25, -0.2) is 8.78 Å². The second-order valence-electron chi connectivity index (χ2n) is 7.69. The third kappa shape index (κ3) is 7.62. The number of nitrogens with zero attached hydrogens (tertiary/aromatic N) is 2. The van der Waals surface area contributed by atoms with E-state index in [9.17, 15) is 8.78 Å². The van der Waals surface area contributed by atoms with Gasteiger partial charge < -0.3 is 25.0 Å². The fraction of sp³-hybridized carbons (Fsp3) is 0.458. The summed E-state index contributed by atoms with van der Waals surface area (Å²) in [5, 5.41) is 6.69. The second kappa shape index (κ2) is 13.4. The molecule has 0 spiro atoms. The van der Waals surface area contributed by atoms with Crippen molar-refractivity contribution in [3.05, 3.63) is 53.6 Å². The van der Waals surface area contributed by atoms with E-state index in [1.807, 2.05) is 25.1 Å². The molecule has 1 saturated heterocycles. The van der Waals surface area contributed by atoms with Crippen molar-refractivity contribution in [2.24, 2.45) is 4.99 Å². The summed E-state index contributed by atoms with van der Waals surface area (Å²) in [5.41, 5.74) is 1.15. The lowest BCUT2D eigenvalue weighted by atomic mass is 10.0. The molecule has 9 heteroatoms. The van der Waals surface area contributed by atoms with Gasteiger partial charge in [0.25, 0.3) is 0 Å². The fourth-order valence-electron chi connectivity index (χ4n) is 3.82. The zero-order valence-electron chi connectivity index (χ0n) is 19.4. The first-order valence-electron chi connectivity index (χ1n) is 11.0. The summed E-state index contributed by atoms with van der Waals surface area (Å²) in [6.45, 7) is 4.77. The number of hydrogen-bond acceptors (Lipinski definition) is 4. The summed E-state index contributed by atoms with van der Waals surface area (Å²) in [6.07, 6.45) is 2.09. The van der Waals surface area contributed by atoms with Gasteiger partial charge in [0, 0.05) is 61.7 Å². The lowest BCUT2D eigenvalue weighted by Crippen LogP contribution is -2.48. The number of benzene rings is 2. The Bertz CT molecular complexity index is 879. The number of guanidine groups is 1. The molecule has 6 nitrogen and oxygen atoms in total. The van der Waals surface area contributed by atoms with Crippen LogP contribution in [0, 0.1) is 11.6 Å². The number of hydrogen-bond donors (Lipinski definition) is 2. The van der Waals surface area contributed by atoms with Crippen LogP contribution in [0.4, 0.5) is 14.5 Å². The summed E-state index contributed by atoms with van der Waals surface area (Å²) >= 11 is 0. The number of piperidine rings is 1. The maximum absolute atomic E-state index is 13.8.